The number of hydrogen-bond acceptors (Lipinski definition) is 4. The van der Waals surface area contributed by atoms with Crippen LogP contribution in [0.1, 0.15) is 35.7 Å². The molecule has 3 rings (SSSR count). The maximum Gasteiger partial charge on any atom is 0.154 e. The van der Waals surface area contributed by atoms with Gasteiger partial charge in [-0.15, -0.1) is 5.10 Å². The first-order chi connectivity index (χ1) is 9.38. The Balaban J connectivity index is 1.73. The van der Waals surface area contributed by atoms with Gasteiger partial charge in [0.2, 0.25) is 0 Å². The molecule has 0 aliphatic heterocycles. The van der Waals surface area contributed by atoms with E-state index in [-0.39, 0.29) is 0 Å². The van der Waals surface area contributed by atoms with E-state index in [1.165, 1.54) is 11.1 Å². The second kappa shape index (κ2) is 5.48. The van der Waals surface area contributed by atoms with Crippen LogP contribution in [0, 0.1) is 0 Å². The summed E-state index contributed by atoms with van der Waals surface area (Å²) < 4.78 is 1.95. The Bertz CT molecular complexity index is 523. The van der Waals surface area contributed by atoms with Crippen LogP contribution in [0.3, 0.4) is 0 Å². The largest absolute Gasteiger partial charge is 0.330 e. The Morgan fingerprint density at radius 1 is 1.16 bits per heavy atom. The molecule has 1 aliphatic rings. The van der Waals surface area contributed by atoms with Gasteiger partial charge in [-0.2, -0.15) is 0 Å². The lowest BCUT2D eigenvalue weighted by molar-refractivity contribution is 0.503. The average Bonchev–Trinajstić information content (AvgIpc) is 3.04. The summed E-state index contributed by atoms with van der Waals surface area (Å²) in [6.07, 6.45) is 4.15. The Kier molecular flexibility index (Phi) is 3.55. The van der Waals surface area contributed by atoms with E-state index < -0.39 is 0 Å². The summed E-state index contributed by atoms with van der Waals surface area (Å²) in [7, 11) is 0. The number of benzene rings is 1. The monoisotopic (exact) mass is 257 g/mol. The van der Waals surface area contributed by atoms with Crippen molar-refractivity contribution in [1.82, 2.24) is 20.2 Å². The molecule has 100 valence electrons. The predicted octanol–water partition coefficient (Wildman–Crippen LogP) is 1.29. The number of aromatic nitrogens is 4. The highest BCUT2D eigenvalue weighted by atomic mass is 15.5. The van der Waals surface area contributed by atoms with Crippen molar-refractivity contribution in [2.24, 2.45) is 5.73 Å². The van der Waals surface area contributed by atoms with Gasteiger partial charge in [-0.3, -0.25) is 0 Å². The number of rotatable bonds is 5. The van der Waals surface area contributed by atoms with Gasteiger partial charge < -0.3 is 5.73 Å². The maximum atomic E-state index is 5.52. The van der Waals surface area contributed by atoms with Crippen LogP contribution in [-0.2, 0) is 19.4 Å². The molecule has 0 spiro atoms. The smallest absolute Gasteiger partial charge is 0.154 e. The standard InChI is InChI=1S/C14H19N5/c15-7-3-4-8-19-14(16-17-18-19)13-9-11-5-1-2-6-12(11)10-13/h1-2,5-6,13H,3-4,7-10,15H2. The summed E-state index contributed by atoms with van der Waals surface area (Å²) >= 11 is 0. The van der Waals surface area contributed by atoms with Crippen molar-refractivity contribution in [2.75, 3.05) is 6.54 Å². The molecule has 0 saturated carbocycles. The fourth-order valence-electron chi connectivity index (χ4n) is 2.81. The van der Waals surface area contributed by atoms with E-state index in [0.29, 0.717) is 5.92 Å². The minimum absolute atomic E-state index is 0.422. The van der Waals surface area contributed by atoms with Gasteiger partial charge in [0.05, 0.1) is 0 Å². The second-order valence-electron chi connectivity index (χ2n) is 5.13. The second-order valence-corrected chi connectivity index (χ2v) is 5.13. The van der Waals surface area contributed by atoms with Gasteiger partial charge in [-0.05, 0) is 53.8 Å². The average molecular weight is 257 g/mol. The minimum Gasteiger partial charge on any atom is -0.330 e. The highest BCUT2D eigenvalue weighted by molar-refractivity contribution is 5.34. The fraction of sp³-hybridized carbons (Fsp3) is 0.500. The number of hydrogen-bond donors (Lipinski definition) is 1. The summed E-state index contributed by atoms with van der Waals surface area (Å²) in [5.74, 6) is 1.44. The van der Waals surface area contributed by atoms with Crippen molar-refractivity contribution < 1.29 is 0 Å². The lowest BCUT2D eigenvalue weighted by Crippen LogP contribution is -2.12. The van der Waals surface area contributed by atoms with E-state index >= 15 is 0 Å². The molecular formula is C14H19N5. The van der Waals surface area contributed by atoms with Gasteiger partial charge >= 0.3 is 0 Å². The van der Waals surface area contributed by atoms with Crippen molar-refractivity contribution >= 4 is 0 Å². The van der Waals surface area contributed by atoms with Gasteiger partial charge in [-0.1, -0.05) is 24.3 Å². The van der Waals surface area contributed by atoms with Crippen molar-refractivity contribution in [3.05, 3.63) is 41.2 Å². The Labute approximate surface area is 112 Å². The third-order valence-electron chi connectivity index (χ3n) is 3.80. The third-order valence-corrected chi connectivity index (χ3v) is 3.80. The number of aryl methyl sites for hydroxylation is 1. The molecule has 0 bridgehead atoms. The van der Waals surface area contributed by atoms with Crippen molar-refractivity contribution in [1.29, 1.82) is 0 Å². The molecule has 19 heavy (non-hydrogen) atoms. The van der Waals surface area contributed by atoms with Gasteiger partial charge in [0.25, 0.3) is 0 Å². The van der Waals surface area contributed by atoms with E-state index in [0.717, 1.165) is 44.6 Å². The molecular weight excluding hydrogens is 238 g/mol. The van der Waals surface area contributed by atoms with Crippen LogP contribution in [0.15, 0.2) is 24.3 Å². The van der Waals surface area contributed by atoms with E-state index in [9.17, 15) is 0 Å². The van der Waals surface area contributed by atoms with E-state index in [1.807, 2.05) is 4.68 Å². The molecule has 1 heterocycles. The van der Waals surface area contributed by atoms with Crippen molar-refractivity contribution in [3.63, 3.8) is 0 Å². The summed E-state index contributed by atoms with van der Waals surface area (Å²) in [6.45, 7) is 1.60. The molecule has 1 aromatic carbocycles. The van der Waals surface area contributed by atoms with Crippen molar-refractivity contribution in [2.45, 2.75) is 38.1 Å². The zero-order chi connectivity index (χ0) is 13.1. The molecule has 0 fully saturated rings. The number of fused-ring (bicyclic) bond motifs is 1. The van der Waals surface area contributed by atoms with Crippen molar-refractivity contribution in [3.8, 4) is 0 Å². The van der Waals surface area contributed by atoms with Crippen LogP contribution in [0.4, 0.5) is 0 Å². The highest BCUT2D eigenvalue weighted by Gasteiger charge is 2.26. The predicted molar refractivity (Wildman–Crippen MR) is 72.7 cm³/mol. The zero-order valence-corrected chi connectivity index (χ0v) is 11.0. The quantitative estimate of drug-likeness (QED) is 0.820. The van der Waals surface area contributed by atoms with Gasteiger partial charge in [-0.25, -0.2) is 4.68 Å². The highest BCUT2D eigenvalue weighted by Crippen LogP contribution is 2.32. The van der Waals surface area contributed by atoms with Crippen LogP contribution < -0.4 is 5.73 Å². The summed E-state index contributed by atoms with van der Waals surface area (Å²) in [5.41, 5.74) is 8.39. The number of unbranched alkanes of at least 4 members (excludes halogenated alkanes) is 1. The van der Waals surface area contributed by atoms with Gasteiger partial charge in [0.1, 0.15) is 0 Å². The normalized spacial score (nSPS) is 14.8. The fourth-order valence-corrected chi connectivity index (χ4v) is 2.81. The molecule has 1 aromatic heterocycles. The summed E-state index contributed by atoms with van der Waals surface area (Å²) in [4.78, 5) is 0. The molecule has 2 N–H and O–H groups in total. The minimum atomic E-state index is 0.422. The van der Waals surface area contributed by atoms with Crippen LogP contribution >= 0.6 is 0 Å². The molecule has 5 heteroatoms. The summed E-state index contributed by atoms with van der Waals surface area (Å²) in [6, 6.07) is 8.62. The van der Waals surface area contributed by atoms with E-state index in [4.69, 9.17) is 5.73 Å². The first-order valence-corrected chi connectivity index (χ1v) is 6.91. The summed E-state index contributed by atoms with van der Waals surface area (Å²) in [5, 5.41) is 12.2. The molecule has 0 radical (unpaired) electrons. The van der Waals surface area contributed by atoms with Crippen LogP contribution in [0.5, 0.6) is 0 Å². The van der Waals surface area contributed by atoms with E-state index in [1.54, 1.807) is 0 Å². The SMILES string of the molecule is NCCCCn1nnnc1C1Cc2ccccc2C1. The molecule has 0 saturated heterocycles. The van der Waals surface area contributed by atoms with Crippen LogP contribution in [0.2, 0.25) is 0 Å². The molecule has 0 atom stereocenters. The Hall–Kier alpha value is -1.75. The molecule has 0 amide bonds. The lowest BCUT2D eigenvalue weighted by atomic mass is 10.1. The lowest BCUT2D eigenvalue weighted by Gasteiger charge is -2.09. The first kappa shape index (κ1) is 12.3. The topological polar surface area (TPSA) is 69.6 Å². The zero-order valence-electron chi connectivity index (χ0n) is 11.0. The Morgan fingerprint density at radius 2 is 1.89 bits per heavy atom. The van der Waals surface area contributed by atoms with E-state index in [2.05, 4.69) is 39.8 Å². The van der Waals surface area contributed by atoms with Crippen LogP contribution in [-0.4, -0.2) is 26.8 Å². The van der Waals surface area contributed by atoms with Gasteiger partial charge in [0, 0.05) is 12.5 Å². The number of nitrogens with two attached hydrogens (primary N) is 1. The third kappa shape index (κ3) is 2.51. The number of nitrogens with zero attached hydrogens (tertiary/aromatic N) is 4. The first-order valence-electron chi connectivity index (χ1n) is 6.91. The molecule has 0 unspecified atom stereocenters. The molecule has 2 aromatic rings. The van der Waals surface area contributed by atoms with Gasteiger partial charge in [0.15, 0.2) is 5.82 Å². The Morgan fingerprint density at radius 3 is 2.58 bits per heavy atom. The maximum absolute atomic E-state index is 5.52. The van der Waals surface area contributed by atoms with Crippen LogP contribution in [0.25, 0.3) is 0 Å². The molecule has 5 nitrogen and oxygen atoms in total. The molecule has 1 aliphatic carbocycles. The number of tetrazole rings is 1.